The smallest absolute Gasteiger partial charge is 0.253 e. The highest BCUT2D eigenvalue weighted by Gasteiger charge is 2.31. The lowest BCUT2D eigenvalue weighted by Gasteiger charge is -2.39. The van der Waals surface area contributed by atoms with E-state index < -0.39 is 5.91 Å². The molecule has 1 aromatic heterocycles. The van der Waals surface area contributed by atoms with E-state index in [2.05, 4.69) is 18.7 Å². The van der Waals surface area contributed by atoms with Crippen molar-refractivity contribution in [3.63, 3.8) is 0 Å². The van der Waals surface area contributed by atoms with Crippen LogP contribution in [0.5, 0.6) is 0 Å². The van der Waals surface area contributed by atoms with Crippen LogP contribution >= 0.6 is 11.3 Å². The number of piperidine rings is 1. The number of carbonyl (C=O) groups is 1. The van der Waals surface area contributed by atoms with Gasteiger partial charge in [-0.25, -0.2) is 0 Å². The van der Waals surface area contributed by atoms with Crippen molar-refractivity contribution in [2.75, 3.05) is 23.7 Å². The summed E-state index contributed by atoms with van der Waals surface area (Å²) < 4.78 is 0. The Morgan fingerprint density at radius 1 is 1.53 bits per heavy atom. The first kappa shape index (κ1) is 13.7. The molecule has 1 amide bonds. The van der Waals surface area contributed by atoms with Gasteiger partial charge < -0.3 is 16.4 Å². The highest BCUT2D eigenvalue weighted by atomic mass is 32.1. The molecule has 1 saturated heterocycles. The van der Waals surface area contributed by atoms with Crippen LogP contribution in [0.1, 0.15) is 41.9 Å². The van der Waals surface area contributed by atoms with E-state index >= 15 is 0 Å². The summed E-state index contributed by atoms with van der Waals surface area (Å²) in [5.74, 6) is -0.561. The fourth-order valence-electron chi connectivity index (χ4n) is 2.57. The van der Waals surface area contributed by atoms with E-state index in [1.807, 2.05) is 6.07 Å². The van der Waals surface area contributed by atoms with Gasteiger partial charge in [0.1, 0.15) is 15.9 Å². The van der Waals surface area contributed by atoms with Crippen LogP contribution in [0.25, 0.3) is 0 Å². The van der Waals surface area contributed by atoms with Gasteiger partial charge in [-0.05, 0) is 18.3 Å². The number of nitriles is 1. The van der Waals surface area contributed by atoms with Gasteiger partial charge in [0, 0.05) is 13.1 Å². The molecule has 19 heavy (non-hydrogen) atoms. The van der Waals surface area contributed by atoms with Gasteiger partial charge in [0.2, 0.25) is 0 Å². The topological polar surface area (TPSA) is 96.1 Å². The molecule has 0 aromatic carbocycles. The van der Waals surface area contributed by atoms with Gasteiger partial charge in [-0.15, -0.1) is 11.3 Å². The Morgan fingerprint density at radius 2 is 2.21 bits per heavy atom. The standard InChI is InChI=1S/C13H18N4OS/c1-13(2)4-3-5-17(7-13)12-9(11(16)18)10(15)8(6-14)19-12/h3-5,7,15H2,1-2H3,(H2,16,18). The van der Waals surface area contributed by atoms with Crippen molar-refractivity contribution in [2.24, 2.45) is 11.1 Å². The number of rotatable bonds is 2. The minimum Gasteiger partial charge on any atom is -0.396 e. The Hall–Kier alpha value is -1.74. The Bertz CT molecular complexity index is 556. The summed E-state index contributed by atoms with van der Waals surface area (Å²) in [7, 11) is 0. The van der Waals surface area contributed by atoms with Crippen LogP contribution < -0.4 is 16.4 Å². The van der Waals surface area contributed by atoms with Gasteiger partial charge in [-0.2, -0.15) is 5.26 Å². The number of nitrogens with two attached hydrogens (primary N) is 2. The third kappa shape index (κ3) is 2.51. The molecular formula is C13H18N4OS. The first-order valence-electron chi connectivity index (χ1n) is 6.23. The van der Waals surface area contributed by atoms with Crippen molar-refractivity contribution in [3.8, 4) is 6.07 Å². The molecule has 1 aliphatic heterocycles. The number of anilines is 2. The third-order valence-corrected chi connectivity index (χ3v) is 4.63. The average molecular weight is 278 g/mol. The molecule has 0 bridgehead atoms. The van der Waals surface area contributed by atoms with E-state index in [-0.39, 0.29) is 11.1 Å². The fraction of sp³-hybridized carbons (Fsp3) is 0.538. The fourth-order valence-corrected chi connectivity index (χ4v) is 3.62. The van der Waals surface area contributed by atoms with Gasteiger partial charge in [0.15, 0.2) is 0 Å². The van der Waals surface area contributed by atoms with E-state index in [9.17, 15) is 4.79 Å². The largest absolute Gasteiger partial charge is 0.396 e. The molecule has 1 aromatic rings. The van der Waals surface area contributed by atoms with E-state index in [1.165, 1.54) is 11.3 Å². The van der Waals surface area contributed by atoms with Crippen molar-refractivity contribution in [1.29, 1.82) is 5.26 Å². The molecule has 0 atom stereocenters. The van der Waals surface area contributed by atoms with Crippen LogP contribution in [-0.2, 0) is 0 Å². The minimum atomic E-state index is -0.561. The maximum Gasteiger partial charge on any atom is 0.253 e. The Kier molecular flexibility index (Phi) is 3.42. The number of amides is 1. The maximum atomic E-state index is 11.6. The molecular weight excluding hydrogens is 260 g/mol. The van der Waals surface area contributed by atoms with Crippen LogP contribution in [0, 0.1) is 16.7 Å². The van der Waals surface area contributed by atoms with Crippen molar-refractivity contribution >= 4 is 27.9 Å². The summed E-state index contributed by atoms with van der Waals surface area (Å²) in [6.07, 6.45) is 2.21. The summed E-state index contributed by atoms with van der Waals surface area (Å²) in [4.78, 5) is 14.1. The monoisotopic (exact) mass is 278 g/mol. The van der Waals surface area contributed by atoms with Gasteiger partial charge in [-0.3, -0.25) is 4.79 Å². The van der Waals surface area contributed by atoms with Gasteiger partial charge in [0.25, 0.3) is 5.91 Å². The molecule has 0 aliphatic carbocycles. The number of hydrogen-bond donors (Lipinski definition) is 2. The number of carbonyl (C=O) groups excluding carboxylic acids is 1. The minimum absolute atomic E-state index is 0.193. The predicted octanol–water partition coefficient (Wildman–Crippen LogP) is 1.93. The normalized spacial score (nSPS) is 18.1. The van der Waals surface area contributed by atoms with Crippen molar-refractivity contribution in [2.45, 2.75) is 26.7 Å². The maximum absolute atomic E-state index is 11.6. The zero-order valence-corrected chi connectivity index (χ0v) is 12.0. The molecule has 6 heteroatoms. The zero-order chi connectivity index (χ0) is 14.2. The molecule has 2 heterocycles. The second kappa shape index (κ2) is 4.74. The van der Waals surface area contributed by atoms with Gasteiger partial charge in [0.05, 0.1) is 11.3 Å². The van der Waals surface area contributed by atoms with E-state index in [4.69, 9.17) is 16.7 Å². The first-order chi connectivity index (χ1) is 8.85. The molecule has 0 unspecified atom stereocenters. The number of hydrogen-bond acceptors (Lipinski definition) is 5. The van der Waals surface area contributed by atoms with Crippen LogP contribution in [0.2, 0.25) is 0 Å². The highest BCUT2D eigenvalue weighted by molar-refractivity contribution is 7.17. The Labute approximate surface area is 116 Å². The predicted molar refractivity (Wildman–Crippen MR) is 77.2 cm³/mol. The summed E-state index contributed by atoms with van der Waals surface area (Å²) in [6.45, 7) is 6.11. The third-order valence-electron chi connectivity index (χ3n) is 3.46. The molecule has 0 radical (unpaired) electrons. The summed E-state index contributed by atoms with van der Waals surface area (Å²) in [5, 5.41) is 9.79. The number of nitrogens with zero attached hydrogens (tertiary/aromatic N) is 2. The van der Waals surface area contributed by atoms with Gasteiger partial charge in [-0.1, -0.05) is 13.8 Å². The van der Waals surface area contributed by atoms with E-state index in [0.717, 1.165) is 30.9 Å². The van der Waals surface area contributed by atoms with E-state index in [0.29, 0.717) is 10.4 Å². The average Bonchev–Trinajstić information content (AvgIpc) is 2.65. The van der Waals surface area contributed by atoms with E-state index in [1.54, 1.807) is 0 Å². The zero-order valence-electron chi connectivity index (χ0n) is 11.2. The second-order valence-corrected chi connectivity index (χ2v) is 6.69. The first-order valence-corrected chi connectivity index (χ1v) is 7.04. The van der Waals surface area contributed by atoms with Gasteiger partial charge >= 0.3 is 0 Å². The van der Waals surface area contributed by atoms with Crippen LogP contribution in [0.3, 0.4) is 0 Å². The molecule has 1 aliphatic rings. The number of nitrogen functional groups attached to an aromatic ring is 1. The Balaban J connectivity index is 2.45. The molecule has 2 rings (SSSR count). The second-order valence-electron chi connectivity index (χ2n) is 5.69. The summed E-state index contributed by atoms with van der Waals surface area (Å²) >= 11 is 1.26. The number of primary amides is 1. The molecule has 102 valence electrons. The van der Waals surface area contributed by atoms with Crippen molar-refractivity contribution < 1.29 is 4.79 Å². The summed E-state index contributed by atoms with van der Waals surface area (Å²) in [5.41, 5.74) is 12.0. The van der Waals surface area contributed by atoms with Crippen LogP contribution in [0.4, 0.5) is 10.7 Å². The molecule has 0 saturated carbocycles. The van der Waals surface area contributed by atoms with Crippen molar-refractivity contribution in [3.05, 3.63) is 10.4 Å². The highest BCUT2D eigenvalue weighted by Crippen LogP contribution is 2.41. The summed E-state index contributed by atoms with van der Waals surface area (Å²) in [6, 6.07) is 2.03. The molecule has 5 nitrogen and oxygen atoms in total. The SMILES string of the molecule is CC1(C)CCCN(c2sc(C#N)c(N)c2C(N)=O)C1. The number of thiophene rings is 1. The molecule has 4 N–H and O–H groups in total. The van der Waals surface area contributed by atoms with Crippen LogP contribution in [-0.4, -0.2) is 19.0 Å². The molecule has 1 fully saturated rings. The Morgan fingerprint density at radius 3 is 2.74 bits per heavy atom. The lowest BCUT2D eigenvalue weighted by Crippen LogP contribution is -2.40. The molecule has 0 spiro atoms. The van der Waals surface area contributed by atoms with Crippen molar-refractivity contribution in [1.82, 2.24) is 0 Å². The quantitative estimate of drug-likeness (QED) is 0.863. The lowest BCUT2D eigenvalue weighted by atomic mass is 9.84. The lowest BCUT2D eigenvalue weighted by molar-refractivity contribution is 0.100. The van der Waals surface area contributed by atoms with Crippen LogP contribution in [0.15, 0.2) is 0 Å².